The number of hydrogen-bond acceptors (Lipinski definition) is 5. The van der Waals surface area contributed by atoms with Gasteiger partial charge in [-0.25, -0.2) is 9.67 Å². The summed E-state index contributed by atoms with van der Waals surface area (Å²) < 4.78 is 1.81. The highest BCUT2D eigenvalue weighted by Gasteiger charge is 2.33. The number of hydrogen-bond donors (Lipinski definition) is 0. The van der Waals surface area contributed by atoms with E-state index in [4.69, 9.17) is 4.98 Å². The summed E-state index contributed by atoms with van der Waals surface area (Å²) >= 11 is 1.52. The Hall–Kier alpha value is -4.30. The van der Waals surface area contributed by atoms with Crippen LogP contribution in [0.3, 0.4) is 0 Å². The number of piperazine rings is 1. The number of rotatable bonds is 5. The SMILES string of the molecule is Cc1ccc(-c2csc(-n3ncc(C(=O)N4CCN(C(=O)c5cccc6ccccc56)C(C)C4)c3C(C)C)n2)cc1. The fourth-order valence-corrected chi connectivity index (χ4v) is 6.43. The number of fused-ring (bicyclic) bond motifs is 1. The number of amides is 2. The average molecular weight is 564 g/mol. The fraction of sp³-hybridized carbons (Fsp3) is 0.273. The zero-order valence-corrected chi connectivity index (χ0v) is 24.6. The predicted octanol–water partition coefficient (Wildman–Crippen LogP) is 6.57. The summed E-state index contributed by atoms with van der Waals surface area (Å²) in [4.78, 5) is 36.0. The van der Waals surface area contributed by atoms with Crippen molar-refractivity contribution in [3.8, 4) is 16.4 Å². The van der Waals surface area contributed by atoms with Gasteiger partial charge in [0.2, 0.25) is 5.13 Å². The van der Waals surface area contributed by atoms with Crippen molar-refractivity contribution in [2.24, 2.45) is 0 Å². The van der Waals surface area contributed by atoms with Crippen molar-refractivity contribution >= 4 is 33.9 Å². The number of thiazole rings is 1. The van der Waals surface area contributed by atoms with Crippen LogP contribution in [0.4, 0.5) is 0 Å². The van der Waals surface area contributed by atoms with E-state index in [2.05, 4.69) is 50.1 Å². The molecule has 8 heteroatoms. The molecule has 1 saturated heterocycles. The van der Waals surface area contributed by atoms with Crippen LogP contribution in [0.25, 0.3) is 27.2 Å². The van der Waals surface area contributed by atoms with Crippen molar-refractivity contribution in [3.05, 3.63) is 101 Å². The molecule has 1 atom stereocenters. The molecule has 41 heavy (non-hydrogen) atoms. The summed E-state index contributed by atoms with van der Waals surface area (Å²) in [7, 11) is 0. The second-order valence-corrected chi connectivity index (χ2v) is 11.9. The standard InChI is InChI=1S/C33H33N5O2S/c1-21(2)30-28(18-34-38(30)33-35-29(20-41-33)25-14-12-22(3)13-15-25)31(39)36-16-17-37(23(4)19-36)32(40)27-11-7-9-24-8-5-6-10-26(24)27/h5-15,18,20-21,23H,16-17,19H2,1-4H3. The molecule has 0 spiro atoms. The fourth-order valence-electron chi connectivity index (χ4n) is 5.63. The summed E-state index contributed by atoms with van der Waals surface area (Å²) in [6.45, 7) is 9.63. The van der Waals surface area contributed by atoms with E-state index in [-0.39, 0.29) is 23.8 Å². The Bertz CT molecular complexity index is 1730. The first-order valence-electron chi connectivity index (χ1n) is 14.0. The van der Waals surface area contributed by atoms with Crippen molar-refractivity contribution in [3.63, 3.8) is 0 Å². The second-order valence-electron chi connectivity index (χ2n) is 11.0. The van der Waals surface area contributed by atoms with Crippen LogP contribution in [0.2, 0.25) is 0 Å². The minimum atomic E-state index is -0.118. The summed E-state index contributed by atoms with van der Waals surface area (Å²) in [6.07, 6.45) is 1.67. The molecule has 5 aromatic rings. The quantitative estimate of drug-likeness (QED) is 0.243. The molecule has 0 aliphatic carbocycles. The van der Waals surface area contributed by atoms with Gasteiger partial charge in [0, 0.05) is 42.2 Å². The molecule has 1 unspecified atom stereocenters. The smallest absolute Gasteiger partial charge is 0.257 e. The number of carbonyl (C=O) groups is 2. The maximum Gasteiger partial charge on any atom is 0.257 e. The van der Waals surface area contributed by atoms with E-state index in [0.717, 1.165) is 32.9 Å². The van der Waals surface area contributed by atoms with E-state index in [1.54, 1.807) is 6.20 Å². The highest BCUT2D eigenvalue weighted by molar-refractivity contribution is 7.12. The third-order valence-electron chi connectivity index (χ3n) is 7.80. The van der Waals surface area contributed by atoms with Crippen LogP contribution in [-0.4, -0.2) is 62.1 Å². The highest BCUT2D eigenvalue weighted by Crippen LogP contribution is 2.30. The summed E-state index contributed by atoms with van der Waals surface area (Å²) in [5.41, 5.74) is 5.29. The molecular formula is C33H33N5O2S. The van der Waals surface area contributed by atoms with Gasteiger partial charge in [0.1, 0.15) is 0 Å². The lowest BCUT2D eigenvalue weighted by molar-refractivity contribution is 0.0415. The Labute approximate surface area is 244 Å². The van der Waals surface area contributed by atoms with Crippen molar-refractivity contribution in [2.75, 3.05) is 19.6 Å². The number of carbonyl (C=O) groups excluding carboxylic acids is 2. The first-order chi connectivity index (χ1) is 19.8. The average Bonchev–Trinajstić information content (AvgIpc) is 3.64. The third kappa shape index (κ3) is 5.04. The number of nitrogens with zero attached hydrogens (tertiary/aromatic N) is 5. The molecule has 7 nitrogen and oxygen atoms in total. The predicted molar refractivity (Wildman–Crippen MR) is 164 cm³/mol. The molecule has 0 bridgehead atoms. The summed E-state index contributed by atoms with van der Waals surface area (Å²) in [5, 5.41) is 9.39. The van der Waals surface area contributed by atoms with Gasteiger partial charge >= 0.3 is 0 Å². The monoisotopic (exact) mass is 563 g/mol. The van der Waals surface area contributed by atoms with Gasteiger partial charge in [0.25, 0.3) is 11.8 Å². The van der Waals surface area contributed by atoms with Crippen LogP contribution in [0.15, 0.2) is 78.3 Å². The largest absolute Gasteiger partial charge is 0.335 e. The molecule has 3 heterocycles. The Morgan fingerprint density at radius 3 is 2.44 bits per heavy atom. The first kappa shape index (κ1) is 26.9. The molecule has 0 saturated carbocycles. The highest BCUT2D eigenvalue weighted by atomic mass is 32.1. The van der Waals surface area contributed by atoms with E-state index in [1.807, 2.05) is 69.2 Å². The van der Waals surface area contributed by atoms with Gasteiger partial charge in [0.05, 0.1) is 23.1 Å². The van der Waals surface area contributed by atoms with Gasteiger partial charge in [-0.05, 0) is 36.6 Å². The summed E-state index contributed by atoms with van der Waals surface area (Å²) in [5.74, 6) is 0.0134. The second kappa shape index (κ2) is 10.9. The van der Waals surface area contributed by atoms with Crippen LogP contribution in [0.1, 0.15) is 58.7 Å². The first-order valence-corrected chi connectivity index (χ1v) is 14.9. The molecule has 3 aromatic carbocycles. The molecular weight excluding hydrogens is 530 g/mol. The van der Waals surface area contributed by atoms with Crippen LogP contribution >= 0.6 is 11.3 Å². The molecule has 0 N–H and O–H groups in total. The number of aryl methyl sites for hydroxylation is 1. The maximum absolute atomic E-state index is 13.8. The molecule has 1 aliphatic heterocycles. The Morgan fingerprint density at radius 2 is 1.68 bits per heavy atom. The van der Waals surface area contributed by atoms with Crippen molar-refractivity contribution in [2.45, 2.75) is 39.7 Å². The van der Waals surface area contributed by atoms with Crippen molar-refractivity contribution in [1.82, 2.24) is 24.6 Å². The van der Waals surface area contributed by atoms with Gasteiger partial charge in [-0.15, -0.1) is 11.3 Å². The van der Waals surface area contributed by atoms with Crippen LogP contribution in [0.5, 0.6) is 0 Å². The normalized spacial score (nSPS) is 15.6. The van der Waals surface area contributed by atoms with E-state index < -0.39 is 0 Å². The van der Waals surface area contributed by atoms with E-state index in [0.29, 0.717) is 30.8 Å². The van der Waals surface area contributed by atoms with Crippen LogP contribution < -0.4 is 0 Å². The Kier molecular flexibility index (Phi) is 7.17. The van der Waals surface area contributed by atoms with E-state index in [9.17, 15) is 9.59 Å². The summed E-state index contributed by atoms with van der Waals surface area (Å²) in [6, 6.07) is 22.0. The molecule has 1 aliphatic rings. The zero-order valence-electron chi connectivity index (χ0n) is 23.7. The molecule has 1 fully saturated rings. The minimum Gasteiger partial charge on any atom is -0.335 e. The molecule has 0 radical (unpaired) electrons. The van der Waals surface area contributed by atoms with Gasteiger partial charge in [0.15, 0.2) is 0 Å². The zero-order chi connectivity index (χ0) is 28.7. The van der Waals surface area contributed by atoms with E-state index in [1.165, 1.54) is 16.9 Å². The third-order valence-corrected chi connectivity index (χ3v) is 8.62. The molecule has 2 amide bonds. The van der Waals surface area contributed by atoms with Crippen molar-refractivity contribution in [1.29, 1.82) is 0 Å². The lowest BCUT2D eigenvalue weighted by Gasteiger charge is -2.40. The number of benzene rings is 3. The molecule has 208 valence electrons. The van der Waals surface area contributed by atoms with Crippen LogP contribution in [0, 0.1) is 6.92 Å². The van der Waals surface area contributed by atoms with Gasteiger partial charge < -0.3 is 9.80 Å². The van der Waals surface area contributed by atoms with Crippen molar-refractivity contribution < 1.29 is 9.59 Å². The van der Waals surface area contributed by atoms with Gasteiger partial charge in [-0.3, -0.25) is 9.59 Å². The maximum atomic E-state index is 13.8. The van der Waals surface area contributed by atoms with Crippen LogP contribution in [-0.2, 0) is 0 Å². The topological polar surface area (TPSA) is 71.3 Å². The van der Waals surface area contributed by atoms with Gasteiger partial charge in [-0.2, -0.15) is 5.10 Å². The minimum absolute atomic E-state index is 0.00485. The Balaban J connectivity index is 1.22. The molecule has 2 aromatic heterocycles. The van der Waals surface area contributed by atoms with E-state index >= 15 is 0 Å². The lowest BCUT2D eigenvalue weighted by Crippen LogP contribution is -2.55. The van der Waals surface area contributed by atoms with Gasteiger partial charge in [-0.1, -0.05) is 80.1 Å². The lowest BCUT2D eigenvalue weighted by atomic mass is 10.0. The Morgan fingerprint density at radius 1 is 0.927 bits per heavy atom. The molecule has 6 rings (SSSR count). The number of aromatic nitrogens is 3.